The largest absolute Gasteiger partial charge is 0.290 e. The van der Waals surface area contributed by atoms with E-state index in [1.165, 1.54) is 24.5 Å². The summed E-state index contributed by atoms with van der Waals surface area (Å²) in [4.78, 5) is 25.8. The lowest BCUT2D eigenvalue weighted by molar-refractivity contribution is 0.627. The van der Waals surface area contributed by atoms with E-state index in [1.807, 2.05) is 24.3 Å². The van der Waals surface area contributed by atoms with Gasteiger partial charge in [0.2, 0.25) is 0 Å². The molecule has 0 unspecified atom stereocenters. The minimum Gasteiger partial charge on any atom is -0.290 e. The molecule has 7 heteroatoms. The Morgan fingerprint density at radius 1 is 0.963 bits per heavy atom. The highest BCUT2D eigenvalue weighted by molar-refractivity contribution is 6.30. The van der Waals surface area contributed by atoms with Crippen LogP contribution in [0.3, 0.4) is 0 Å². The molecule has 0 radical (unpaired) electrons. The Morgan fingerprint density at radius 2 is 1.67 bits per heavy atom. The van der Waals surface area contributed by atoms with E-state index in [4.69, 9.17) is 11.6 Å². The van der Waals surface area contributed by atoms with Gasteiger partial charge in [-0.2, -0.15) is 0 Å². The van der Waals surface area contributed by atoms with Crippen LogP contribution in [0.15, 0.2) is 65.7 Å². The van der Waals surface area contributed by atoms with Crippen LogP contribution in [-0.4, -0.2) is 19.5 Å². The summed E-state index contributed by atoms with van der Waals surface area (Å²) in [6.07, 6.45) is 3.56. The molecule has 2 aromatic carbocycles. The first-order valence-corrected chi connectivity index (χ1v) is 8.71. The highest BCUT2D eigenvalue weighted by Crippen LogP contribution is 2.19. The molecule has 0 aliphatic heterocycles. The molecule has 0 N–H and O–H groups in total. The van der Waals surface area contributed by atoms with Gasteiger partial charge in [-0.3, -0.25) is 9.36 Å². The normalized spacial score (nSPS) is 11.0. The SMILES string of the molecule is O=c1c2nccnc2nc(-c2ccc(F)cc2)n1CCc1ccc(Cl)cc1. The number of nitrogens with zero attached hydrogens (tertiary/aromatic N) is 4. The zero-order valence-electron chi connectivity index (χ0n) is 14.1. The number of rotatable bonds is 4. The highest BCUT2D eigenvalue weighted by atomic mass is 35.5. The van der Waals surface area contributed by atoms with E-state index < -0.39 is 0 Å². The van der Waals surface area contributed by atoms with Gasteiger partial charge in [-0.15, -0.1) is 0 Å². The summed E-state index contributed by atoms with van der Waals surface area (Å²) in [7, 11) is 0. The molecule has 0 fully saturated rings. The summed E-state index contributed by atoms with van der Waals surface area (Å²) in [5.41, 5.74) is 1.87. The summed E-state index contributed by atoms with van der Waals surface area (Å²) < 4.78 is 14.9. The van der Waals surface area contributed by atoms with Crippen LogP contribution >= 0.6 is 11.6 Å². The van der Waals surface area contributed by atoms with Gasteiger partial charge in [0.15, 0.2) is 11.2 Å². The van der Waals surface area contributed by atoms with Crippen molar-refractivity contribution in [2.75, 3.05) is 0 Å². The minimum absolute atomic E-state index is 0.208. The second-order valence-corrected chi connectivity index (χ2v) is 6.44. The van der Waals surface area contributed by atoms with E-state index in [0.29, 0.717) is 29.4 Å². The monoisotopic (exact) mass is 380 g/mol. The average molecular weight is 381 g/mol. The number of benzene rings is 2. The van der Waals surface area contributed by atoms with E-state index in [2.05, 4.69) is 15.0 Å². The summed E-state index contributed by atoms with van der Waals surface area (Å²) in [5.74, 6) is 0.0800. The Hall–Kier alpha value is -3.12. The Kier molecular flexibility index (Phi) is 4.64. The van der Waals surface area contributed by atoms with Crippen LogP contribution in [-0.2, 0) is 13.0 Å². The van der Waals surface area contributed by atoms with E-state index in [-0.39, 0.29) is 22.5 Å². The molecular weight excluding hydrogens is 367 g/mol. The number of aryl methyl sites for hydroxylation is 1. The topological polar surface area (TPSA) is 60.7 Å². The van der Waals surface area contributed by atoms with Gasteiger partial charge in [-0.1, -0.05) is 23.7 Å². The molecule has 2 aromatic heterocycles. The van der Waals surface area contributed by atoms with Gasteiger partial charge in [-0.25, -0.2) is 19.3 Å². The lowest BCUT2D eigenvalue weighted by Crippen LogP contribution is -2.25. The first-order valence-electron chi connectivity index (χ1n) is 8.34. The van der Waals surface area contributed by atoms with Crippen LogP contribution in [0, 0.1) is 5.82 Å². The summed E-state index contributed by atoms with van der Waals surface area (Å²) in [6, 6.07) is 13.3. The van der Waals surface area contributed by atoms with E-state index >= 15 is 0 Å². The van der Waals surface area contributed by atoms with Gasteiger partial charge in [-0.05, 0) is 48.4 Å². The van der Waals surface area contributed by atoms with Crippen molar-refractivity contribution in [2.24, 2.45) is 0 Å². The second-order valence-electron chi connectivity index (χ2n) is 6.00. The third-order valence-corrected chi connectivity index (χ3v) is 4.49. The van der Waals surface area contributed by atoms with Crippen LogP contribution in [0.2, 0.25) is 5.02 Å². The molecule has 4 aromatic rings. The highest BCUT2D eigenvalue weighted by Gasteiger charge is 2.14. The third kappa shape index (κ3) is 3.57. The van der Waals surface area contributed by atoms with Crippen molar-refractivity contribution in [2.45, 2.75) is 13.0 Å². The Morgan fingerprint density at radius 3 is 2.41 bits per heavy atom. The molecule has 0 bridgehead atoms. The van der Waals surface area contributed by atoms with Crippen molar-refractivity contribution in [1.29, 1.82) is 0 Å². The van der Waals surface area contributed by atoms with E-state index in [0.717, 1.165) is 5.56 Å². The molecule has 0 spiro atoms. The predicted octanol–water partition coefficient (Wildman–Crippen LogP) is 3.89. The zero-order chi connectivity index (χ0) is 18.8. The van der Waals surface area contributed by atoms with Crippen LogP contribution in [0.4, 0.5) is 4.39 Å². The number of hydrogen-bond acceptors (Lipinski definition) is 4. The second kappa shape index (κ2) is 7.25. The molecule has 0 aliphatic carbocycles. The van der Waals surface area contributed by atoms with Gasteiger partial charge < -0.3 is 0 Å². The Labute approximate surface area is 159 Å². The fraction of sp³-hybridized carbons (Fsp3) is 0.100. The van der Waals surface area contributed by atoms with Gasteiger partial charge in [0.1, 0.15) is 11.6 Å². The lowest BCUT2D eigenvalue weighted by Gasteiger charge is -2.13. The lowest BCUT2D eigenvalue weighted by atomic mass is 10.1. The number of fused-ring (bicyclic) bond motifs is 1. The molecule has 0 amide bonds. The molecule has 4 rings (SSSR count). The van der Waals surface area contributed by atoms with Crippen LogP contribution in [0.1, 0.15) is 5.56 Å². The maximum Gasteiger partial charge on any atom is 0.281 e. The molecular formula is C20H14ClFN4O. The van der Waals surface area contributed by atoms with Crippen LogP contribution < -0.4 is 5.56 Å². The molecule has 0 saturated heterocycles. The summed E-state index contributed by atoms with van der Waals surface area (Å²) in [6.45, 7) is 0.396. The fourth-order valence-electron chi connectivity index (χ4n) is 2.87. The molecule has 134 valence electrons. The quantitative estimate of drug-likeness (QED) is 0.539. The molecule has 2 heterocycles. The number of halogens is 2. The fourth-order valence-corrected chi connectivity index (χ4v) is 2.99. The van der Waals surface area contributed by atoms with Crippen LogP contribution in [0.25, 0.3) is 22.6 Å². The van der Waals surface area contributed by atoms with Gasteiger partial charge in [0, 0.05) is 29.5 Å². The van der Waals surface area contributed by atoms with E-state index in [9.17, 15) is 9.18 Å². The van der Waals surface area contributed by atoms with Crippen molar-refractivity contribution in [3.63, 3.8) is 0 Å². The average Bonchev–Trinajstić information content (AvgIpc) is 2.69. The zero-order valence-corrected chi connectivity index (χ0v) is 14.9. The van der Waals surface area contributed by atoms with Gasteiger partial charge in [0.05, 0.1) is 0 Å². The minimum atomic E-state index is -0.352. The molecule has 27 heavy (non-hydrogen) atoms. The summed E-state index contributed by atoms with van der Waals surface area (Å²) in [5, 5.41) is 0.658. The molecule has 0 atom stereocenters. The van der Waals surface area contributed by atoms with Gasteiger partial charge >= 0.3 is 0 Å². The van der Waals surface area contributed by atoms with Crippen molar-refractivity contribution < 1.29 is 4.39 Å². The predicted molar refractivity (Wildman–Crippen MR) is 102 cm³/mol. The summed E-state index contributed by atoms with van der Waals surface area (Å²) >= 11 is 5.93. The van der Waals surface area contributed by atoms with Crippen molar-refractivity contribution in [3.05, 3.63) is 87.7 Å². The first-order chi connectivity index (χ1) is 13.1. The first kappa shape index (κ1) is 17.3. The molecule has 0 aliphatic rings. The molecule has 5 nitrogen and oxygen atoms in total. The number of aromatic nitrogens is 4. The maximum atomic E-state index is 13.3. The smallest absolute Gasteiger partial charge is 0.281 e. The third-order valence-electron chi connectivity index (χ3n) is 4.23. The molecule has 0 saturated carbocycles. The number of hydrogen-bond donors (Lipinski definition) is 0. The Bertz CT molecular complexity index is 1160. The van der Waals surface area contributed by atoms with Crippen LogP contribution in [0.5, 0.6) is 0 Å². The van der Waals surface area contributed by atoms with E-state index in [1.54, 1.807) is 16.7 Å². The van der Waals surface area contributed by atoms with Crippen molar-refractivity contribution in [3.8, 4) is 11.4 Å². The Balaban J connectivity index is 1.82. The van der Waals surface area contributed by atoms with Crippen molar-refractivity contribution in [1.82, 2.24) is 19.5 Å². The van der Waals surface area contributed by atoms with Crippen molar-refractivity contribution >= 4 is 22.8 Å². The van der Waals surface area contributed by atoms with Gasteiger partial charge in [0.25, 0.3) is 5.56 Å². The maximum absolute atomic E-state index is 13.3. The standard InChI is InChI=1S/C20H14ClFN4O/c21-15-5-1-13(2-6-15)9-12-26-19(14-3-7-16(22)8-4-14)25-18-17(20(26)27)23-10-11-24-18/h1-8,10-11H,9,12H2.